The number of fused-ring (bicyclic) bond motifs is 5. The minimum atomic E-state index is -0.171. The van der Waals surface area contributed by atoms with Gasteiger partial charge in [0.2, 0.25) is 5.78 Å². The number of benzene rings is 5. The zero-order valence-corrected chi connectivity index (χ0v) is 18.6. The third kappa shape index (κ3) is 2.95. The van der Waals surface area contributed by atoms with Gasteiger partial charge >= 0.3 is 0 Å². The van der Waals surface area contributed by atoms with Crippen LogP contribution < -0.4 is 0 Å². The van der Waals surface area contributed by atoms with Crippen molar-refractivity contribution in [2.45, 2.75) is 0 Å². The topological polar surface area (TPSA) is 60.2 Å². The fourth-order valence-electron chi connectivity index (χ4n) is 4.90. The number of nitrogens with zero attached hydrogens (tertiary/aromatic N) is 4. The van der Waals surface area contributed by atoms with Gasteiger partial charge in [0.25, 0.3) is 0 Å². The van der Waals surface area contributed by atoms with Crippen LogP contribution in [0.5, 0.6) is 0 Å². The van der Waals surface area contributed by atoms with Crippen LogP contribution in [0.25, 0.3) is 49.4 Å². The Hall–Kier alpha value is -4.90. The molecule has 0 saturated heterocycles. The molecule has 0 aliphatic heterocycles. The third-order valence-electron chi connectivity index (χ3n) is 6.53. The largest absolute Gasteiger partial charge is 0.287 e. The Balaban J connectivity index is 1.58. The number of carbonyl (C=O) groups excluding carboxylic acids is 1. The van der Waals surface area contributed by atoms with E-state index in [1.165, 1.54) is 0 Å². The zero-order chi connectivity index (χ0) is 23.4. The molecule has 5 nitrogen and oxygen atoms in total. The first kappa shape index (κ1) is 19.6. The van der Waals surface area contributed by atoms with E-state index in [9.17, 15) is 4.79 Å². The molecule has 5 heteroatoms. The predicted octanol–water partition coefficient (Wildman–Crippen LogP) is 6.48. The van der Waals surface area contributed by atoms with Crippen molar-refractivity contribution in [3.8, 4) is 11.3 Å². The molecule has 0 N–H and O–H groups in total. The summed E-state index contributed by atoms with van der Waals surface area (Å²) in [6, 6.07) is 35.8. The molecule has 0 saturated carbocycles. The summed E-state index contributed by atoms with van der Waals surface area (Å²) in [5, 5.41) is 12.9. The second kappa shape index (κ2) is 7.57. The van der Waals surface area contributed by atoms with Gasteiger partial charge in [-0.2, -0.15) is 0 Å². The van der Waals surface area contributed by atoms with Crippen molar-refractivity contribution in [2.24, 2.45) is 0 Å². The van der Waals surface area contributed by atoms with Crippen molar-refractivity contribution < 1.29 is 4.79 Å². The second-order valence-corrected chi connectivity index (χ2v) is 8.53. The number of hydrogen-bond donors (Lipinski definition) is 0. The molecule has 7 aromatic rings. The van der Waals surface area contributed by atoms with Crippen molar-refractivity contribution in [1.29, 1.82) is 0 Å². The highest BCUT2D eigenvalue weighted by Crippen LogP contribution is 2.34. The minimum absolute atomic E-state index is 0.171. The molecule has 5 aromatic carbocycles. The molecule has 164 valence electrons. The van der Waals surface area contributed by atoms with Crippen LogP contribution in [0.3, 0.4) is 0 Å². The number of aromatic nitrogens is 4. The Labute approximate surface area is 200 Å². The lowest BCUT2D eigenvalue weighted by Crippen LogP contribution is -2.05. The number of rotatable bonds is 3. The SMILES string of the molecule is O=C(c1cccc2ccccc12)c1nnn2c1c(-c1cccc3ccccc13)nc1ccccc12. The molecule has 35 heavy (non-hydrogen) atoms. The Morgan fingerprint density at radius 2 is 1.31 bits per heavy atom. The lowest BCUT2D eigenvalue weighted by Gasteiger charge is -2.11. The summed E-state index contributed by atoms with van der Waals surface area (Å²) < 4.78 is 1.75. The van der Waals surface area contributed by atoms with Crippen molar-refractivity contribution >= 4 is 43.9 Å². The van der Waals surface area contributed by atoms with E-state index in [0.717, 1.165) is 38.1 Å². The van der Waals surface area contributed by atoms with Gasteiger partial charge in [-0.1, -0.05) is 102 Å². The van der Waals surface area contributed by atoms with E-state index in [-0.39, 0.29) is 5.78 Å². The van der Waals surface area contributed by atoms with Gasteiger partial charge in [0.05, 0.1) is 16.7 Å². The lowest BCUT2D eigenvalue weighted by molar-refractivity contribution is 0.103. The van der Waals surface area contributed by atoms with E-state index in [2.05, 4.69) is 28.5 Å². The highest BCUT2D eigenvalue weighted by Gasteiger charge is 2.24. The molecule has 2 aromatic heterocycles. The van der Waals surface area contributed by atoms with E-state index in [1.54, 1.807) is 4.52 Å². The molecule has 7 rings (SSSR count). The molecule has 0 fully saturated rings. The van der Waals surface area contributed by atoms with Crippen molar-refractivity contribution in [3.05, 3.63) is 120 Å². The van der Waals surface area contributed by atoms with E-state index in [4.69, 9.17) is 4.98 Å². The van der Waals surface area contributed by atoms with E-state index in [1.807, 2.05) is 91.0 Å². The first-order chi connectivity index (χ1) is 17.3. The van der Waals surface area contributed by atoms with Crippen LogP contribution in [-0.2, 0) is 0 Å². The summed E-state index contributed by atoms with van der Waals surface area (Å²) >= 11 is 0. The fraction of sp³-hybridized carbons (Fsp3) is 0. The fourth-order valence-corrected chi connectivity index (χ4v) is 4.90. The van der Waals surface area contributed by atoms with Crippen LogP contribution in [0.15, 0.2) is 109 Å². The molecular weight excluding hydrogens is 432 g/mol. The molecule has 0 unspecified atom stereocenters. The molecule has 0 amide bonds. The first-order valence-corrected chi connectivity index (χ1v) is 11.4. The summed E-state index contributed by atoms with van der Waals surface area (Å²) in [5.74, 6) is -0.171. The maximum Gasteiger partial charge on any atom is 0.216 e. The predicted molar refractivity (Wildman–Crippen MR) is 139 cm³/mol. The van der Waals surface area contributed by atoms with E-state index >= 15 is 0 Å². The average molecular weight is 451 g/mol. The van der Waals surface area contributed by atoms with Crippen LogP contribution in [0.2, 0.25) is 0 Å². The van der Waals surface area contributed by atoms with Crippen LogP contribution in [0, 0.1) is 0 Å². The highest BCUT2D eigenvalue weighted by molar-refractivity contribution is 6.20. The zero-order valence-electron chi connectivity index (χ0n) is 18.6. The molecule has 2 heterocycles. The normalized spacial score (nSPS) is 11.5. The van der Waals surface area contributed by atoms with Crippen LogP contribution >= 0.6 is 0 Å². The van der Waals surface area contributed by atoms with Gasteiger partial charge in [-0.25, -0.2) is 9.50 Å². The smallest absolute Gasteiger partial charge is 0.216 e. The van der Waals surface area contributed by atoms with Gasteiger partial charge in [0.1, 0.15) is 5.52 Å². The van der Waals surface area contributed by atoms with E-state index in [0.29, 0.717) is 22.5 Å². The third-order valence-corrected chi connectivity index (χ3v) is 6.53. The molecule has 0 aliphatic carbocycles. The molecule has 0 atom stereocenters. The monoisotopic (exact) mass is 450 g/mol. The first-order valence-electron chi connectivity index (χ1n) is 11.4. The maximum absolute atomic E-state index is 14.0. The second-order valence-electron chi connectivity index (χ2n) is 8.53. The number of hydrogen-bond acceptors (Lipinski definition) is 4. The van der Waals surface area contributed by atoms with E-state index < -0.39 is 0 Å². The van der Waals surface area contributed by atoms with Crippen molar-refractivity contribution in [2.75, 3.05) is 0 Å². The maximum atomic E-state index is 14.0. The minimum Gasteiger partial charge on any atom is -0.287 e. The van der Waals surface area contributed by atoms with Crippen LogP contribution in [-0.4, -0.2) is 25.6 Å². The van der Waals surface area contributed by atoms with Gasteiger partial charge in [-0.05, 0) is 33.7 Å². The molecule has 0 bridgehead atoms. The van der Waals surface area contributed by atoms with Crippen LogP contribution in [0.4, 0.5) is 0 Å². The Morgan fingerprint density at radius 3 is 2.17 bits per heavy atom. The summed E-state index contributed by atoms with van der Waals surface area (Å²) in [5.41, 5.74) is 4.72. The van der Waals surface area contributed by atoms with Gasteiger partial charge in [-0.3, -0.25) is 4.79 Å². The highest BCUT2D eigenvalue weighted by atomic mass is 16.1. The number of ketones is 1. The van der Waals surface area contributed by atoms with Crippen molar-refractivity contribution in [1.82, 2.24) is 19.8 Å². The average Bonchev–Trinajstić information content (AvgIpc) is 3.37. The van der Waals surface area contributed by atoms with Gasteiger partial charge in [-0.15, -0.1) is 5.10 Å². The number of carbonyl (C=O) groups is 1. The standard InChI is InChI=1S/C30H18N4O/c35-30(24-16-8-12-20-10-2-4-14-22(20)24)28-29-27(23-15-7-11-19-9-1-3-13-21(19)23)31-25-17-5-6-18-26(25)34(29)33-32-28/h1-18H. The quantitative estimate of drug-likeness (QED) is 0.289. The lowest BCUT2D eigenvalue weighted by atomic mass is 9.97. The Bertz CT molecular complexity index is 1930. The molecular formula is C30H18N4O. The van der Waals surface area contributed by atoms with Crippen LogP contribution in [0.1, 0.15) is 16.1 Å². The van der Waals surface area contributed by atoms with Gasteiger partial charge in [0.15, 0.2) is 5.69 Å². The summed E-state index contributed by atoms with van der Waals surface area (Å²) in [6.45, 7) is 0. The van der Waals surface area contributed by atoms with Gasteiger partial charge < -0.3 is 0 Å². The molecule has 0 spiro atoms. The summed E-state index contributed by atoms with van der Waals surface area (Å²) in [4.78, 5) is 19.0. The van der Waals surface area contributed by atoms with Gasteiger partial charge in [0, 0.05) is 11.1 Å². The number of para-hydroxylation sites is 2. The Kier molecular flexibility index (Phi) is 4.23. The summed E-state index contributed by atoms with van der Waals surface area (Å²) in [7, 11) is 0. The van der Waals surface area contributed by atoms with Crippen molar-refractivity contribution in [3.63, 3.8) is 0 Å². The molecule has 0 aliphatic rings. The summed E-state index contributed by atoms with van der Waals surface area (Å²) in [6.07, 6.45) is 0. The Morgan fingerprint density at radius 1 is 0.657 bits per heavy atom. The molecule has 0 radical (unpaired) electrons.